The van der Waals surface area contributed by atoms with E-state index in [-0.39, 0.29) is 23.9 Å². The number of amidine groups is 1. The zero-order chi connectivity index (χ0) is 22.6. The van der Waals surface area contributed by atoms with Gasteiger partial charge in [-0.3, -0.25) is 0 Å². The number of nitrogens with zero attached hydrogens (tertiary/aromatic N) is 2. The molecule has 5 nitrogen and oxygen atoms in total. The van der Waals surface area contributed by atoms with Crippen LogP contribution in [-0.2, 0) is 10.3 Å². The molecule has 162 valence electrons. The standard InChI is InChI=1S/C22H20AsF3N2O3/c1-28-19(30)22(27-20(28)23,15-8-10-17(11-9-15)31-21(25)26)16-6-4-5-14(13-16)18(29)7-2-3-12-24/h4-6,8-11,13,21H,2-3,7,12H2,1H3. The van der Waals surface area contributed by atoms with E-state index in [2.05, 4.69) is 26.6 Å². The fraction of sp³-hybridized carbons (Fsp3) is 0.318. The van der Waals surface area contributed by atoms with E-state index in [1.54, 1.807) is 31.3 Å². The number of hydrogen-bond acceptors (Lipinski definition) is 4. The average molecular weight is 492 g/mol. The summed E-state index contributed by atoms with van der Waals surface area (Å²) in [4.78, 5) is 31.9. The first-order chi connectivity index (χ1) is 14.8. The summed E-state index contributed by atoms with van der Waals surface area (Å²) in [5.41, 5.74) is -0.133. The van der Waals surface area contributed by atoms with E-state index in [1.165, 1.54) is 29.2 Å². The van der Waals surface area contributed by atoms with Crippen molar-refractivity contribution in [2.24, 2.45) is 4.99 Å². The topological polar surface area (TPSA) is 59.0 Å². The molecule has 0 N–H and O–H groups in total. The van der Waals surface area contributed by atoms with Gasteiger partial charge in [0.15, 0.2) is 0 Å². The second-order valence-corrected chi connectivity index (χ2v) is 7.88. The van der Waals surface area contributed by atoms with Gasteiger partial charge < -0.3 is 0 Å². The Morgan fingerprint density at radius 3 is 2.45 bits per heavy atom. The van der Waals surface area contributed by atoms with Gasteiger partial charge >= 0.3 is 187 Å². The number of alkyl halides is 3. The average Bonchev–Trinajstić information content (AvgIpc) is 2.99. The van der Waals surface area contributed by atoms with E-state index in [0.717, 1.165) is 0 Å². The molecule has 0 saturated carbocycles. The van der Waals surface area contributed by atoms with Gasteiger partial charge in [0.2, 0.25) is 0 Å². The SMILES string of the molecule is CN1C(=O)C(c2ccc(OC(F)F)cc2)(c2cccc(C(=O)CCCCF)c2)N=C1[As]. The second kappa shape index (κ2) is 9.69. The van der Waals surface area contributed by atoms with Crippen LogP contribution in [0.2, 0.25) is 0 Å². The Kier molecular flexibility index (Phi) is 7.21. The number of amides is 1. The Morgan fingerprint density at radius 1 is 1.16 bits per heavy atom. The van der Waals surface area contributed by atoms with E-state index in [4.69, 9.17) is 0 Å². The molecule has 0 spiro atoms. The fourth-order valence-corrected chi connectivity index (χ4v) is 3.97. The van der Waals surface area contributed by atoms with Gasteiger partial charge in [0.25, 0.3) is 0 Å². The number of ketones is 1. The molecule has 1 atom stereocenters. The number of unbranched alkanes of at least 4 members (excludes halogenated alkanes) is 1. The molecule has 0 bridgehead atoms. The van der Waals surface area contributed by atoms with Crippen LogP contribution in [0.3, 0.4) is 0 Å². The van der Waals surface area contributed by atoms with E-state index in [0.29, 0.717) is 34.2 Å². The molecule has 0 aromatic heterocycles. The summed E-state index contributed by atoms with van der Waals surface area (Å²) in [7, 11) is 1.58. The van der Waals surface area contributed by atoms with Crippen LogP contribution in [0.1, 0.15) is 40.7 Å². The van der Waals surface area contributed by atoms with Crippen molar-refractivity contribution in [1.82, 2.24) is 4.90 Å². The van der Waals surface area contributed by atoms with Gasteiger partial charge in [0, 0.05) is 0 Å². The van der Waals surface area contributed by atoms with Crippen LogP contribution in [0.5, 0.6) is 5.75 Å². The van der Waals surface area contributed by atoms with Gasteiger partial charge in [-0.15, -0.1) is 0 Å². The molecule has 2 radical (unpaired) electrons. The molecular weight excluding hydrogens is 472 g/mol. The van der Waals surface area contributed by atoms with E-state index in [9.17, 15) is 22.8 Å². The molecule has 3 rings (SSSR count). The van der Waals surface area contributed by atoms with E-state index >= 15 is 0 Å². The van der Waals surface area contributed by atoms with E-state index in [1.807, 2.05) is 0 Å². The van der Waals surface area contributed by atoms with Crippen LogP contribution < -0.4 is 4.74 Å². The van der Waals surface area contributed by atoms with Crippen molar-refractivity contribution in [2.45, 2.75) is 31.4 Å². The molecule has 0 saturated heterocycles. The van der Waals surface area contributed by atoms with Gasteiger partial charge in [-0.1, -0.05) is 0 Å². The summed E-state index contributed by atoms with van der Waals surface area (Å²) < 4.78 is 42.2. The first-order valence-electron chi connectivity index (χ1n) is 9.61. The number of aliphatic imine (C=N–C) groups is 1. The zero-order valence-electron chi connectivity index (χ0n) is 16.7. The van der Waals surface area contributed by atoms with Crippen LogP contribution in [0.4, 0.5) is 13.2 Å². The predicted octanol–water partition coefficient (Wildman–Crippen LogP) is 3.85. The number of hydrogen-bond donors (Lipinski definition) is 0. The van der Waals surface area contributed by atoms with Crippen LogP contribution in [0.25, 0.3) is 0 Å². The van der Waals surface area contributed by atoms with Gasteiger partial charge in [-0.05, 0) is 0 Å². The Balaban J connectivity index is 2.05. The molecule has 1 aliphatic rings. The Hall–Kier alpha value is -2.60. The summed E-state index contributed by atoms with van der Waals surface area (Å²) in [6, 6.07) is 12.3. The molecule has 9 heteroatoms. The van der Waals surface area contributed by atoms with Gasteiger partial charge in [-0.2, -0.15) is 0 Å². The monoisotopic (exact) mass is 492 g/mol. The van der Waals surface area contributed by atoms with Crippen LogP contribution in [0, 0.1) is 0 Å². The number of Topliss-reactive ketones (excluding diaryl/α,β-unsaturated/α-hetero) is 1. The molecule has 0 fully saturated rings. The van der Waals surface area contributed by atoms with Gasteiger partial charge in [0.1, 0.15) is 0 Å². The number of carbonyl (C=O) groups excluding carboxylic acids is 2. The number of ether oxygens (including phenoxy) is 1. The van der Waals surface area contributed by atoms with Gasteiger partial charge in [0.05, 0.1) is 0 Å². The summed E-state index contributed by atoms with van der Waals surface area (Å²) >= 11 is 2.22. The molecule has 0 aliphatic carbocycles. The summed E-state index contributed by atoms with van der Waals surface area (Å²) in [6.07, 6.45) is 0.951. The van der Waals surface area contributed by atoms with Crippen molar-refractivity contribution in [3.8, 4) is 5.75 Å². The molecule has 1 heterocycles. The Morgan fingerprint density at radius 2 is 1.87 bits per heavy atom. The van der Waals surface area contributed by atoms with Crippen molar-refractivity contribution < 1.29 is 27.5 Å². The fourth-order valence-electron chi connectivity index (χ4n) is 3.47. The van der Waals surface area contributed by atoms with Crippen LogP contribution >= 0.6 is 0 Å². The summed E-state index contributed by atoms with van der Waals surface area (Å²) in [5, 5.41) is 0. The zero-order valence-corrected chi connectivity index (χ0v) is 18.6. The number of benzene rings is 2. The molecule has 2 aromatic rings. The third-order valence-electron chi connectivity index (χ3n) is 5.07. The number of halogens is 3. The molecule has 1 unspecified atom stereocenters. The molecule has 31 heavy (non-hydrogen) atoms. The number of carbonyl (C=O) groups is 2. The normalized spacial score (nSPS) is 18.5. The molecule has 2 aromatic carbocycles. The number of rotatable bonds is 9. The van der Waals surface area contributed by atoms with Crippen molar-refractivity contribution in [3.05, 3.63) is 65.2 Å². The number of likely N-dealkylation sites (N-methyl/N-ethyl adjacent to an activating group) is 1. The summed E-state index contributed by atoms with van der Waals surface area (Å²) in [5.74, 6) is -0.532. The molecule has 1 amide bonds. The molecule has 1 aliphatic heterocycles. The Bertz CT molecular complexity index is 998. The second-order valence-electron chi connectivity index (χ2n) is 7.04. The third kappa shape index (κ3) is 4.69. The first kappa shape index (κ1) is 23.1. The van der Waals surface area contributed by atoms with Crippen molar-refractivity contribution >= 4 is 33.2 Å². The van der Waals surface area contributed by atoms with E-state index < -0.39 is 18.8 Å². The minimum atomic E-state index is -2.96. The molecular formula is C22H20AsF3N2O3. The van der Waals surface area contributed by atoms with Crippen molar-refractivity contribution in [3.63, 3.8) is 0 Å². The van der Waals surface area contributed by atoms with Crippen molar-refractivity contribution in [2.75, 3.05) is 13.7 Å². The summed E-state index contributed by atoms with van der Waals surface area (Å²) in [6.45, 7) is -3.44. The predicted molar refractivity (Wildman–Crippen MR) is 110 cm³/mol. The minimum absolute atomic E-state index is 0.0408. The quantitative estimate of drug-likeness (QED) is 0.304. The first-order valence-corrected chi connectivity index (χ1v) is 10.6. The Labute approximate surface area is 186 Å². The van der Waals surface area contributed by atoms with Crippen LogP contribution in [-0.4, -0.2) is 58.4 Å². The maximum absolute atomic E-state index is 13.3. The van der Waals surface area contributed by atoms with Crippen molar-refractivity contribution in [1.29, 1.82) is 0 Å². The van der Waals surface area contributed by atoms with Gasteiger partial charge in [-0.25, -0.2) is 0 Å². The maximum atomic E-state index is 13.3. The third-order valence-corrected chi connectivity index (χ3v) is 5.91. The van der Waals surface area contributed by atoms with Crippen LogP contribution in [0.15, 0.2) is 53.5 Å².